The van der Waals surface area contributed by atoms with Gasteiger partial charge in [0.05, 0.1) is 7.11 Å². The van der Waals surface area contributed by atoms with Crippen molar-refractivity contribution in [3.8, 4) is 11.5 Å². The third-order valence-electron chi connectivity index (χ3n) is 5.25. The fourth-order valence-electron chi connectivity index (χ4n) is 3.58. The standard InChI is InChI=1S/C25H23ClN2O4/c1-31-22-10-2-3-11-23(22)32-15-24(29)27-18-8-5-9-19(13-18)28-25(30)21-14-20(21)16-6-4-7-17(26)12-16/h2-13,20-21H,14-15H2,1H3,(H,27,29)(H,28,30). The summed E-state index contributed by atoms with van der Waals surface area (Å²) >= 11 is 6.05. The molecule has 1 aliphatic carbocycles. The van der Waals surface area contributed by atoms with E-state index in [4.69, 9.17) is 21.1 Å². The second-order valence-corrected chi connectivity index (χ2v) is 8.00. The average Bonchev–Trinajstić information content (AvgIpc) is 3.59. The molecule has 0 saturated heterocycles. The normalized spacial score (nSPS) is 16.7. The smallest absolute Gasteiger partial charge is 0.262 e. The number of halogens is 1. The Morgan fingerprint density at radius 1 is 0.938 bits per heavy atom. The van der Waals surface area contributed by atoms with E-state index in [9.17, 15) is 9.59 Å². The van der Waals surface area contributed by atoms with E-state index in [0.29, 0.717) is 27.9 Å². The van der Waals surface area contributed by atoms with Crippen LogP contribution in [-0.2, 0) is 9.59 Å². The quantitative estimate of drug-likeness (QED) is 0.500. The molecular formula is C25H23ClN2O4. The number of benzene rings is 3. The summed E-state index contributed by atoms with van der Waals surface area (Å²) in [6, 6.07) is 21.8. The summed E-state index contributed by atoms with van der Waals surface area (Å²) in [5.41, 5.74) is 2.27. The zero-order valence-corrected chi connectivity index (χ0v) is 18.3. The zero-order valence-electron chi connectivity index (χ0n) is 17.5. The average molecular weight is 451 g/mol. The first-order chi connectivity index (χ1) is 15.5. The van der Waals surface area contributed by atoms with Crippen LogP contribution in [-0.4, -0.2) is 25.5 Å². The first kappa shape index (κ1) is 21.7. The number of nitrogens with one attached hydrogen (secondary N) is 2. The van der Waals surface area contributed by atoms with Crippen molar-refractivity contribution in [3.63, 3.8) is 0 Å². The highest BCUT2D eigenvalue weighted by atomic mass is 35.5. The Bertz CT molecular complexity index is 1130. The van der Waals surface area contributed by atoms with Crippen molar-refractivity contribution in [2.24, 2.45) is 5.92 Å². The maximum atomic E-state index is 12.6. The molecule has 2 unspecified atom stereocenters. The molecule has 0 radical (unpaired) electrons. The molecule has 1 fully saturated rings. The van der Waals surface area contributed by atoms with Gasteiger partial charge in [0.2, 0.25) is 5.91 Å². The molecule has 1 aliphatic rings. The Morgan fingerprint density at radius 2 is 1.66 bits per heavy atom. The number of ether oxygens (including phenoxy) is 2. The largest absolute Gasteiger partial charge is 0.493 e. The summed E-state index contributed by atoms with van der Waals surface area (Å²) in [6.45, 7) is -0.166. The summed E-state index contributed by atoms with van der Waals surface area (Å²) < 4.78 is 10.8. The van der Waals surface area contributed by atoms with Crippen molar-refractivity contribution >= 4 is 34.8 Å². The number of anilines is 2. The molecule has 2 atom stereocenters. The molecule has 0 spiro atoms. The number of hydrogen-bond donors (Lipinski definition) is 2. The number of rotatable bonds is 8. The van der Waals surface area contributed by atoms with Crippen LogP contribution in [0.2, 0.25) is 5.02 Å². The van der Waals surface area contributed by atoms with Crippen LogP contribution < -0.4 is 20.1 Å². The van der Waals surface area contributed by atoms with E-state index in [-0.39, 0.29) is 30.3 Å². The highest BCUT2D eigenvalue weighted by Crippen LogP contribution is 2.48. The Morgan fingerprint density at radius 3 is 2.41 bits per heavy atom. The Balaban J connectivity index is 1.30. The van der Waals surface area contributed by atoms with Gasteiger partial charge in [0.15, 0.2) is 18.1 Å². The number of hydrogen-bond acceptors (Lipinski definition) is 4. The maximum Gasteiger partial charge on any atom is 0.262 e. The van der Waals surface area contributed by atoms with Crippen LogP contribution in [0.5, 0.6) is 11.5 Å². The SMILES string of the molecule is COc1ccccc1OCC(=O)Nc1cccc(NC(=O)C2CC2c2cccc(Cl)c2)c1. The predicted molar refractivity (Wildman–Crippen MR) is 124 cm³/mol. The van der Waals surface area contributed by atoms with E-state index in [1.54, 1.807) is 49.6 Å². The van der Waals surface area contributed by atoms with Gasteiger partial charge in [-0.15, -0.1) is 0 Å². The first-order valence-electron chi connectivity index (χ1n) is 10.3. The van der Waals surface area contributed by atoms with Crippen LogP contribution in [0.4, 0.5) is 11.4 Å². The third-order valence-corrected chi connectivity index (χ3v) is 5.48. The summed E-state index contributed by atoms with van der Waals surface area (Å²) in [5.74, 6) is 0.788. The Labute approximate surface area is 191 Å². The molecule has 1 saturated carbocycles. The topological polar surface area (TPSA) is 76.7 Å². The third kappa shape index (κ3) is 5.39. The minimum Gasteiger partial charge on any atom is -0.493 e. The molecule has 32 heavy (non-hydrogen) atoms. The molecular weight excluding hydrogens is 428 g/mol. The van der Waals surface area contributed by atoms with E-state index >= 15 is 0 Å². The van der Waals surface area contributed by atoms with Gasteiger partial charge in [0.25, 0.3) is 5.91 Å². The number of carbonyl (C=O) groups is 2. The first-order valence-corrected chi connectivity index (χ1v) is 10.6. The summed E-state index contributed by atoms with van der Waals surface area (Å²) in [4.78, 5) is 24.9. The van der Waals surface area contributed by atoms with Crippen molar-refractivity contribution < 1.29 is 19.1 Å². The highest BCUT2D eigenvalue weighted by Gasteiger charge is 2.44. The zero-order chi connectivity index (χ0) is 22.5. The molecule has 7 heteroatoms. The molecule has 6 nitrogen and oxygen atoms in total. The lowest BCUT2D eigenvalue weighted by molar-refractivity contribution is -0.118. The van der Waals surface area contributed by atoms with Crippen molar-refractivity contribution in [1.29, 1.82) is 0 Å². The molecule has 0 bridgehead atoms. The molecule has 2 N–H and O–H groups in total. The van der Waals surface area contributed by atoms with Gasteiger partial charge in [-0.1, -0.05) is 41.9 Å². The van der Waals surface area contributed by atoms with Crippen LogP contribution in [0, 0.1) is 5.92 Å². The van der Waals surface area contributed by atoms with Gasteiger partial charge in [0, 0.05) is 22.3 Å². The van der Waals surface area contributed by atoms with E-state index in [2.05, 4.69) is 10.6 Å². The van der Waals surface area contributed by atoms with Crippen molar-refractivity contribution in [3.05, 3.63) is 83.4 Å². The van der Waals surface area contributed by atoms with Gasteiger partial charge < -0.3 is 20.1 Å². The summed E-state index contributed by atoms with van der Waals surface area (Å²) in [5, 5.41) is 6.38. The van der Waals surface area contributed by atoms with Gasteiger partial charge in [-0.25, -0.2) is 0 Å². The van der Waals surface area contributed by atoms with Gasteiger partial charge in [0.1, 0.15) is 0 Å². The minimum atomic E-state index is -0.317. The molecule has 164 valence electrons. The summed E-state index contributed by atoms with van der Waals surface area (Å²) in [7, 11) is 1.54. The van der Waals surface area contributed by atoms with E-state index in [0.717, 1.165) is 12.0 Å². The second kappa shape index (κ2) is 9.75. The van der Waals surface area contributed by atoms with Gasteiger partial charge in [-0.3, -0.25) is 9.59 Å². The molecule has 3 aromatic carbocycles. The maximum absolute atomic E-state index is 12.6. The molecule has 0 heterocycles. The molecule has 2 amide bonds. The predicted octanol–water partition coefficient (Wildman–Crippen LogP) is 5.11. The molecule has 0 aliphatic heterocycles. The van der Waals surface area contributed by atoms with Crippen LogP contribution in [0.15, 0.2) is 72.8 Å². The van der Waals surface area contributed by atoms with E-state index < -0.39 is 0 Å². The highest BCUT2D eigenvalue weighted by molar-refractivity contribution is 6.30. The molecule has 4 rings (SSSR count). The second-order valence-electron chi connectivity index (χ2n) is 7.56. The Hall–Kier alpha value is -3.51. The number of amides is 2. The van der Waals surface area contributed by atoms with Crippen LogP contribution >= 0.6 is 11.6 Å². The van der Waals surface area contributed by atoms with Crippen molar-refractivity contribution in [1.82, 2.24) is 0 Å². The fourth-order valence-corrected chi connectivity index (χ4v) is 3.78. The van der Waals surface area contributed by atoms with Gasteiger partial charge in [-0.05, 0) is 60.4 Å². The molecule has 0 aromatic heterocycles. The van der Waals surface area contributed by atoms with Crippen molar-refractivity contribution in [2.45, 2.75) is 12.3 Å². The monoisotopic (exact) mass is 450 g/mol. The van der Waals surface area contributed by atoms with Crippen LogP contribution in [0.1, 0.15) is 17.9 Å². The fraction of sp³-hybridized carbons (Fsp3) is 0.200. The van der Waals surface area contributed by atoms with E-state index in [1.165, 1.54) is 0 Å². The number of para-hydroxylation sites is 2. The van der Waals surface area contributed by atoms with Crippen LogP contribution in [0.3, 0.4) is 0 Å². The lowest BCUT2D eigenvalue weighted by Gasteiger charge is -2.11. The number of carbonyl (C=O) groups excluding carboxylic acids is 2. The van der Waals surface area contributed by atoms with E-state index in [1.807, 2.05) is 30.3 Å². The lowest BCUT2D eigenvalue weighted by Crippen LogP contribution is -2.20. The van der Waals surface area contributed by atoms with Crippen LogP contribution in [0.25, 0.3) is 0 Å². The number of methoxy groups -OCH3 is 1. The molecule has 3 aromatic rings. The Kier molecular flexibility index (Phi) is 6.61. The summed E-state index contributed by atoms with van der Waals surface area (Å²) in [6.07, 6.45) is 0.795. The van der Waals surface area contributed by atoms with Gasteiger partial charge in [-0.2, -0.15) is 0 Å². The minimum absolute atomic E-state index is 0.0436. The van der Waals surface area contributed by atoms with Crippen molar-refractivity contribution in [2.75, 3.05) is 24.4 Å². The van der Waals surface area contributed by atoms with Gasteiger partial charge >= 0.3 is 0 Å². The lowest BCUT2D eigenvalue weighted by atomic mass is 10.1.